The maximum atomic E-state index is 12.2. The summed E-state index contributed by atoms with van der Waals surface area (Å²) in [5.74, 6) is 0.136. The third kappa shape index (κ3) is 5.04. The number of likely N-dealkylation sites (tertiary alicyclic amines) is 1. The Hall–Kier alpha value is -1.57. The van der Waals surface area contributed by atoms with Gasteiger partial charge in [0.25, 0.3) is 0 Å². The molecule has 0 bridgehead atoms. The molecule has 0 radical (unpaired) electrons. The van der Waals surface area contributed by atoms with Gasteiger partial charge in [-0.15, -0.1) is 0 Å². The number of rotatable bonds is 5. The topological polar surface area (TPSA) is 56.1 Å². The number of nitriles is 1. The quantitative estimate of drug-likeness (QED) is 0.909. The van der Waals surface area contributed by atoms with Crippen LogP contribution in [0.5, 0.6) is 0 Å². The number of hydrogen-bond acceptors (Lipinski definition) is 3. The molecular formula is C16H20ClN3O. The largest absolute Gasteiger partial charge is 0.352 e. The molecule has 1 fully saturated rings. The number of hydrogen-bond donors (Lipinski definition) is 1. The fourth-order valence-corrected chi connectivity index (χ4v) is 2.74. The van der Waals surface area contributed by atoms with Gasteiger partial charge in [0.05, 0.1) is 12.0 Å². The van der Waals surface area contributed by atoms with Gasteiger partial charge in [-0.3, -0.25) is 4.79 Å². The summed E-state index contributed by atoms with van der Waals surface area (Å²) in [7, 11) is 0. The minimum atomic E-state index is 0.0322. The molecule has 1 aliphatic heterocycles. The fraction of sp³-hybridized carbons (Fsp3) is 0.500. The zero-order valence-corrected chi connectivity index (χ0v) is 12.8. The Morgan fingerprint density at radius 2 is 2.19 bits per heavy atom. The van der Waals surface area contributed by atoms with Gasteiger partial charge < -0.3 is 10.2 Å². The van der Waals surface area contributed by atoms with Crippen molar-refractivity contribution in [1.82, 2.24) is 10.2 Å². The van der Waals surface area contributed by atoms with E-state index in [0.29, 0.717) is 18.0 Å². The molecule has 0 aromatic heterocycles. The molecular weight excluding hydrogens is 286 g/mol. The van der Waals surface area contributed by atoms with E-state index < -0.39 is 0 Å². The van der Waals surface area contributed by atoms with E-state index >= 15 is 0 Å². The minimum Gasteiger partial charge on any atom is -0.352 e. The zero-order chi connectivity index (χ0) is 15.1. The first-order chi connectivity index (χ1) is 10.2. The van der Waals surface area contributed by atoms with Gasteiger partial charge in [0, 0.05) is 31.1 Å². The number of piperidine rings is 1. The van der Waals surface area contributed by atoms with Crippen LogP contribution in [0.3, 0.4) is 0 Å². The Balaban J connectivity index is 1.79. The van der Waals surface area contributed by atoms with Crippen molar-refractivity contribution in [2.75, 3.05) is 19.6 Å². The van der Waals surface area contributed by atoms with Gasteiger partial charge in [0.15, 0.2) is 0 Å². The third-order valence-corrected chi connectivity index (χ3v) is 4.05. The Labute approximate surface area is 130 Å². The molecule has 0 saturated carbocycles. The monoisotopic (exact) mass is 305 g/mol. The summed E-state index contributed by atoms with van der Waals surface area (Å²) in [6.45, 7) is 3.04. The summed E-state index contributed by atoms with van der Waals surface area (Å²) >= 11 is 5.84. The molecule has 112 valence electrons. The lowest BCUT2D eigenvalue weighted by Crippen LogP contribution is -2.43. The van der Waals surface area contributed by atoms with Gasteiger partial charge >= 0.3 is 0 Å². The van der Waals surface area contributed by atoms with Crippen LogP contribution in [0.25, 0.3) is 0 Å². The number of halogens is 1. The molecule has 21 heavy (non-hydrogen) atoms. The second kappa shape index (κ2) is 8.02. The van der Waals surface area contributed by atoms with E-state index in [1.165, 1.54) is 0 Å². The van der Waals surface area contributed by atoms with Crippen molar-refractivity contribution in [1.29, 1.82) is 5.26 Å². The van der Waals surface area contributed by atoms with Crippen molar-refractivity contribution >= 4 is 17.5 Å². The molecule has 1 N–H and O–H groups in total. The first-order valence-electron chi connectivity index (χ1n) is 7.30. The van der Waals surface area contributed by atoms with Crippen molar-refractivity contribution in [3.63, 3.8) is 0 Å². The smallest absolute Gasteiger partial charge is 0.224 e. The first kappa shape index (κ1) is 15.8. The lowest BCUT2D eigenvalue weighted by Gasteiger charge is -2.31. The molecule has 1 unspecified atom stereocenters. The van der Waals surface area contributed by atoms with Crippen LogP contribution in [0.4, 0.5) is 0 Å². The predicted octanol–water partition coefficient (Wildman–Crippen LogP) is 2.58. The highest BCUT2D eigenvalue weighted by Gasteiger charge is 2.25. The molecule has 1 heterocycles. The van der Waals surface area contributed by atoms with Gasteiger partial charge in [0.2, 0.25) is 5.91 Å². The van der Waals surface area contributed by atoms with Crippen LogP contribution in [-0.4, -0.2) is 30.4 Å². The van der Waals surface area contributed by atoms with E-state index in [2.05, 4.69) is 16.3 Å². The Morgan fingerprint density at radius 1 is 1.43 bits per heavy atom. The maximum absolute atomic E-state index is 12.2. The van der Waals surface area contributed by atoms with Crippen LogP contribution >= 0.6 is 11.6 Å². The molecule has 1 aromatic rings. The fourth-order valence-electron chi connectivity index (χ4n) is 2.62. The molecule has 5 heteroatoms. The molecule has 0 aliphatic carbocycles. The van der Waals surface area contributed by atoms with Gasteiger partial charge in [-0.25, -0.2) is 0 Å². The van der Waals surface area contributed by atoms with Crippen molar-refractivity contribution in [2.24, 2.45) is 5.92 Å². The lowest BCUT2D eigenvalue weighted by atomic mass is 9.97. The molecule has 1 atom stereocenters. The number of carbonyl (C=O) groups excluding carboxylic acids is 1. The number of nitrogens with one attached hydrogen (secondary N) is 1. The first-order valence-corrected chi connectivity index (χ1v) is 7.68. The molecule has 1 aromatic carbocycles. The van der Waals surface area contributed by atoms with Crippen molar-refractivity contribution in [3.8, 4) is 6.07 Å². The summed E-state index contributed by atoms with van der Waals surface area (Å²) < 4.78 is 0. The van der Waals surface area contributed by atoms with Gasteiger partial charge in [0.1, 0.15) is 0 Å². The Morgan fingerprint density at radius 3 is 2.90 bits per heavy atom. The van der Waals surface area contributed by atoms with Crippen LogP contribution in [0, 0.1) is 17.2 Å². The number of nitrogens with zero attached hydrogens (tertiary/aromatic N) is 2. The van der Waals surface area contributed by atoms with Gasteiger partial charge in [-0.1, -0.05) is 23.7 Å². The summed E-state index contributed by atoms with van der Waals surface area (Å²) in [6, 6.07) is 9.65. The third-order valence-electron chi connectivity index (χ3n) is 3.80. The zero-order valence-electron chi connectivity index (χ0n) is 12.0. The lowest BCUT2D eigenvalue weighted by molar-refractivity contribution is -0.126. The second-order valence-electron chi connectivity index (χ2n) is 5.39. The van der Waals surface area contributed by atoms with Crippen LogP contribution < -0.4 is 5.32 Å². The Bertz CT molecular complexity index is 509. The molecule has 1 amide bonds. The van der Waals surface area contributed by atoms with E-state index in [9.17, 15) is 4.79 Å². The number of amides is 1. The second-order valence-corrected chi connectivity index (χ2v) is 5.83. The highest BCUT2D eigenvalue weighted by molar-refractivity contribution is 6.30. The highest BCUT2D eigenvalue weighted by atomic mass is 35.5. The molecule has 4 nitrogen and oxygen atoms in total. The van der Waals surface area contributed by atoms with Gasteiger partial charge in [-0.05, 0) is 37.1 Å². The average molecular weight is 306 g/mol. The summed E-state index contributed by atoms with van der Waals surface area (Å²) in [5, 5.41) is 12.3. The predicted molar refractivity (Wildman–Crippen MR) is 82.7 cm³/mol. The summed E-state index contributed by atoms with van der Waals surface area (Å²) in [6.07, 6.45) is 2.47. The van der Waals surface area contributed by atoms with E-state index in [-0.39, 0.29) is 11.8 Å². The summed E-state index contributed by atoms with van der Waals surface area (Å²) in [5.41, 5.74) is 1.05. The van der Waals surface area contributed by atoms with Crippen molar-refractivity contribution < 1.29 is 4.79 Å². The van der Waals surface area contributed by atoms with E-state index in [1.54, 1.807) is 0 Å². The molecule has 1 saturated heterocycles. The highest BCUT2D eigenvalue weighted by Crippen LogP contribution is 2.17. The Kier molecular flexibility index (Phi) is 6.04. The van der Waals surface area contributed by atoms with Crippen molar-refractivity contribution in [3.05, 3.63) is 34.9 Å². The average Bonchev–Trinajstić information content (AvgIpc) is 2.52. The van der Waals surface area contributed by atoms with Crippen molar-refractivity contribution in [2.45, 2.75) is 25.8 Å². The molecule has 1 aliphatic rings. The molecule has 2 rings (SSSR count). The number of carbonyl (C=O) groups is 1. The normalized spacial score (nSPS) is 19.0. The van der Waals surface area contributed by atoms with Crippen LogP contribution in [0.1, 0.15) is 24.8 Å². The SMILES string of the molecule is N#CCCN1CCCC(C(=O)NCc2ccc(Cl)cc2)C1. The van der Waals surface area contributed by atoms with E-state index in [1.807, 2.05) is 24.3 Å². The van der Waals surface area contributed by atoms with Crippen LogP contribution in [0.15, 0.2) is 24.3 Å². The maximum Gasteiger partial charge on any atom is 0.224 e. The van der Waals surface area contributed by atoms with Crippen LogP contribution in [0.2, 0.25) is 5.02 Å². The van der Waals surface area contributed by atoms with E-state index in [0.717, 1.165) is 38.0 Å². The van der Waals surface area contributed by atoms with E-state index in [4.69, 9.17) is 16.9 Å². The number of benzene rings is 1. The van der Waals surface area contributed by atoms with Crippen LogP contribution in [-0.2, 0) is 11.3 Å². The minimum absolute atomic E-state index is 0.0322. The summed E-state index contributed by atoms with van der Waals surface area (Å²) in [4.78, 5) is 14.4. The van der Waals surface area contributed by atoms with Gasteiger partial charge in [-0.2, -0.15) is 5.26 Å². The molecule has 0 spiro atoms. The standard InChI is InChI=1S/C16H20ClN3O/c17-15-6-4-13(5-7-15)11-19-16(21)14-3-1-9-20(12-14)10-2-8-18/h4-7,14H,1-3,9-12H2,(H,19,21).